The van der Waals surface area contributed by atoms with E-state index in [2.05, 4.69) is 15.9 Å². The summed E-state index contributed by atoms with van der Waals surface area (Å²) in [5.74, 6) is -0.503. The van der Waals surface area contributed by atoms with Crippen molar-refractivity contribution in [3.8, 4) is 0 Å². The zero-order valence-electron chi connectivity index (χ0n) is 10.3. The van der Waals surface area contributed by atoms with Crippen LogP contribution in [0.5, 0.6) is 0 Å². The quantitative estimate of drug-likeness (QED) is 0.834. The van der Waals surface area contributed by atoms with Crippen molar-refractivity contribution in [1.29, 1.82) is 0 Å². The van der Waals surface area contributed by atoms with E-state index in [-0.39, 0.29) is 5.02 Å². The SMILES string of the molecule is CN(Cc1ccccc1Br)c1cc(Cl)c(F)cc1N. The largest absolute Gasteiger partial charge is 0.397 e. The number of halogens is 3. The highest BCUT2D eigenvalue weighted by Crippen LogP contribution is 2.30. The topological polar surface area (TPSA) is 29.3 Å². The molecule has 0 aliphatic heterocycles. The first-order valence-corrected chi connectivity index (χ1v) is 6.85. The van der Waals surface area contributed by atoms with Crippen molar-refractivity contribution in [2.24, 2.45) is 0 Å². The summed E-state index contributed by atoms with van der Waals surface area (Å²) in [7, 11) is 1.89. The fourth-order valence-electron chi connectivity index (χ4n) is 1.85. The minimum absolute atomic E-state index is 0.0724. The lowest BCUT2D eigenvalue weighted by Gasteiger charge is -2.22. The van der Waals surface area contributed by atoms with Crippen LogP contribution < -0.4 is 10.6 Å². The van der Waals surface area contributed by atoms with Crippen molar-refractivity contribution in [1.82, 2.24) is 0 Å². The predicted molar refractivity (Wildman–Crippen MR) is 82.1 cm³/mol. The fraction of sp³-hybridized carbons (Fsp3) is 0.143. The second-order valence-electron chi connectivity index (χ2n) is 4.27. The van der Waals surface area contributed by atoms with E-state index in [1.54, 1.807) is 6.07 Å². The Morgan fingerprint density at radius 3 is 2.68 bits per heavy atom. The van der Waals surface area contributed by atoms with Crippen molar-refractivity contribution in [3.05, 3.63) is 57.3 Å². The average molecular weight is 344 g/mol. The molecule has 0 aliphatic rings. The Morgan fingerprint density at radius 2 is 2.00 bits per heavy atom. The number of benzene rings is 2. The minimum atomic E-state index is -0.503. The van der Waals surface area contributed by atoms with Crippen molar-refractivity contribution >= 4 is 38.9 Å². The molecule has 2 aromatic rings. The summed E-state index contributed by atoms with van der Waals surface area (Å²) in [6, 6.07) is 10.7. The Morgan fingerprint density at radius 1 is 1.32 bits per heavy atom. The van der Waals surface area contributed by atoms with Gasteiger partial charge in [-0.05, 0) is 17.7 Å². The van der Waals surface area contributed by atoms with Gasteiger partial charge in [-0.3, -0.25) is 0 Å². The van der Waals surface area contributed by atoms with E-state index >= 15 is 0 Å². The molecule has 2 nitrogen and oxygen atoms in total. The van der Waals surface area contributed by atoms with Crippen LogP contribution in [0.25, 0.3) is 0 Å². The van der Waals surface area contributed by atoms with Crippen LogP contribution in [0.15, 0.2) is 40.9 Å². The van der Waals surface area contributed by atoms with E-state index in [9.17, 15) is 4.39 Å². The molecular weight excluding hydrogens is 331 g/mol. The first kappa shape index (κ1) is 14.2. The fourth-order valence-corrected chi connectivity index (χ4v) is 2.42. The van der Waals surface area contributed by atoms with E-state index in [0.717, 1.165) is 10.0 Å². The monoisotopic (exact) mass is 342 g/mol. The van der Waals surface area contributed by atoms with Gasteiger partial charge in [-0.2, -0.15) is 0 Å². The summed E-state index contributed by atoms with van der Waals surface area (Å²) in [4.78, 5) is 1.93. The maximum absolute atomic E-state index is 13.3. The highest BCUT2D eigenvalue weighted by atomic mass is 79.9. The third-order valence-electron chi connectivity index (χ3n) is 2.85. The van der Waals surface area contributed by atoms with Crippen LogP contribution in [-0.2, 0) is 6.54 Å². The van der Waals surface area contributed by atoms with Crippen LogP contribution in [0.1, 0.15) is 5.56 Å². The van der Waals surface area contributed by atoms with Gasteiger partial charge in [-0.15, -0.1) is 0 Å². The van der Waals surface area contributed by atoms with Gasteiger partial charge in [0, 0.05) is 24.1 Å². The van der Waals surface area contributed by atoms with Crippen LogP contribution in [0.2, 0.25) is 5.02 Å². The van der Waals surface area contributed by atoms with Crippen molar-refractivity contribution in [3.63, 3.8) is 0 Å². The number of hydrogen-bond donors (Lipinski definition) is 1. The summed E-state index contributed by atoms with van der Waals surface area (Å²) >= 11 is 9.30. The molecule has 0 radical (unpaired) electrons. The van der Waals surface area contributed by atoms with Crippen LogP contribution in [0.3, 0.4) is 0 Å². The van der Waals surface area contributed by atoms with Gasteiger partial charge in [0.2, 0.25) is 0 Å². The van der Waals surface area contributed by atoms with Crippen molar-refractivity contribution in [2.75, 3.05) is 17.7 Å². The molecule has 0 fully saturated rings. The van der Waals surface area contributed by atoms with Crippen LogP contribution in [-0.4, -0.2) is 7.05 Å². The van der Waals surface area contributed by atoms with E-state index in [0.29, 0.717) is 17.9 Å². The summed E-state index contributed by atoms with van der Waals surface area (Å²) in [5, 5.41) is 0.0724. The highest BCUT2D eigenvalue weighted by Gasteiger charge is 2.11. The van der Waals surface area contributed by atoms with Gasteiger partial charge in [0.05, 0.1) is 16.4 Å². The molecule has 0 aliphatic carbocycles. The molecular formula is C14H13BrClFN2. The zero-order chi connectivity index (χ0) is 14.0. The molecule has 2 N–H and O–H groups in total. The molecule has 0 atom stereocenters. The lowest BCUT2D eigenvalue weighted by atomic mass is 10.2. The molecule has 2 aromatic carbocycles. The summed E-state index contributed by atoms with van der Waals surface area (Å²) in [5.41, 5.74) is 8.03. The molecule has 0 aromatic heterocycles. The van der Waals surface area contributed by atoms with E-state index in [1.165, 1.54) is 6.07 Å². The molecule has 0 spiro atoms. The number of hydrogen-bond acceptors (Lipinski definition) is 2. The van der Waals surface area contributed by atoms with E-state index in [4.69, 9.17) is 17.3 Å². The Balaban J connectivity index is 2.28. The third-order valence-corrected chi connectivity index (χ3v) is 3.91. The minimum Gasteiger partial charge on any atom is -0.397 e. The molecule has 100 valence electrons. The van der Waals surface area contributed by atoms with Gasteiger partial charge < -0.3 is 10.6 Å². The lowest BCUT2D eigenvalue weighted by molar-refractivity contribution is 0.628. The summed E-state index contributed by atoms with van der Waals surface area (Å²) in [6.45, 7) is 0.646. The Labute approximate surface area is 125 Å². The van der Waals surface area contributed by atoms with Gasteiger partial charge in [0.15, 0.2) is 0 Å². The lowest BCUT2D eigenvalue weighted by Crippen LogP contribution is -2.18. The first-order valence-electron chi connectivity index (χ1n) is 5.68. The molecule has 0 unspecified atom stereocenters. The van der Waals surface area contributed by atoms with Crippen LogP contribution >= 0.6 is 27.5 Å². The number of nitrogens with zero attached hydrogens (tertiary/aromatic N) is 1. The first-order chi connectivity index (χ1) is 8.99. The normalized spacial score (nSPS) is 10.5. The molecule has 0 bridgehead atoms. The second-order valence-corrected chi connectivity index (χ2v) is 5.53. The van der Waals surface area contributed by atoms with Gasteiger partial charge in [-0.1, -0.05) is 45.7 Å². The molecule has 5 heteroatoms. The second kappa shape index (κ2) is 5.80. The highest BCUT2D eigenvalue weighted by molar-refractivity contribution is 9.10. The van der Waals surface area contributed by atoms with Crippen molar-refractivity contribution in [2.45, 2.75) is 6.54 Å². The molecule has 19 heavy (non-hydrogen) atoms. The van der Waals surface area contributed by atoms with Crippen molar-refractivity contribution < 1.29 is 4.39 Å². The van der Waals surface area contributed by atoms with Crippen LogP contribution in [0.4, 0.5) is 15.8 Å². The number of nitrogen functional groups attached to an aromatic ring is 1. The maximum Gasteiger partial charge on any atom is 0.143 e. The standard InChI is InChI=1S/C14H13BrClFN2/c1-19(8-9-4-2-3-5-10(9)15)14-6-11(16)12(17)7-13(14)18/h2-7H,8,18H2,1H3. The predicted octanol–water partition coefficient (Wildman–Crippen LogP) is 4.46. The van der Waals surface area contributed by atoms with Gasteiger partial charge in [0.25, 0.3) is 0 Å². The van der Waals surface area contributed by atoms with Gasteiger partial charge in [-0.25, -0.2) is 4.39 Å². The summed E-state index contributed by atoms with van der Waals surface area (Å²) < 4.78 is 14.3. The third kappa shape index (κ3) is 3.19. The van der Waals surface area contributed by atoms with E-state index < -0.39 is 5.82 Å². The molecule has 0 amide bonds. The number of nitrogens with two attached hydrogens (primary N) is 1. The van der Waals surface area contributed by atoms with E-state index in [1.807, 2.05) is 36.2 Å². The molecule has 0 saturated heterocycles. The zero-order valence-corrected chi connectivity index (χ0v) is 12.7. The average Bonchev–Trinajstić information content (AvgIpc) is 2.36. The molecule has 0 heterocycles. The maximum atomic E-state index is 13.3. The Kier molecular flexibility index (Phi) is 4.32. The smallest absolute Gasteiger partial charge is 0.143 e. The number of anilines is 2. The van der Waals surface area contributed by atoms with Gasteiger partial charge in [0.1, 0.15) is 5.82 Å². The Bertz CT molecular complexity index is 604. The Hall–Kier alpha value is -1.26. The molecule has 0 saturated carbocycles. The van der Waals surface area contributed by atoms with Crippen LogP contribution in [0, 0.1) is 5.82 Å². The van der Waals surface area contributed by atoms with Gasteiger partial charge >= 0.3 is 0 Å². The summed E-state index contributed by atoms with van der Waals surface area (Å²) in [6.07, 6.45) is 0. The number of rotatable bonds is 3. The molecule has 2 rings (SSSR count).